The molecule has 6 heteroatoms. The maximum atomic E-state index is 11.4. The van der Waals surface area contributed by atoms with E-state index < -0.39 is 11.7 Å². The Hall–Kier alpha value is -1.95. The number of hydrogen-bond donors (Lipinski definition) is 2. The molecule has 0 saturated heterocycles. The van der Waals surface area contributed by atoms with Gasteiger partial charge in [0.05, 0.1) is 19.8 Å². The van der Waals surface area contributed by atoms with E-state index in [4.69, 9.17) is 14.6 Å². The summed E-state index contributed by atoms with van der Waals surface area (Å²) in [4.78, 5) is 10.6. The van der Waals surface area contributed by atoms with Gasteiger partial charge < -0.3 is 25.8 Å². The molecular formula is C9H13NO5. The summed E-state index contributed by atoms with van der Waals surface area (Å²) in [5, 5.41) is 20.1. The smallest absolute Gasteiger partial charge is 0.335 e. The van der Waals surface area contributed by atoms with Crippen LogP contribution in [0.1, 0.15) is 10.4 Å². The molecule has 1 aromatic rings. The SMILES string of the molecule is COc1cc(C(=O)O)cc(OC)c1[O-].[NH4+]. The first kappa shape index (κ1) is 13.1. The first-order chi connectivity index (χ1) is 6.60. The summed E-state index contributed by atoms with van der Waals surface area (Å²) < 4.78 is 9.44. The van der Waals surface area contributed by atoms with E-state index in [0.717, 1.165) is 12.1 Å². The molecule has 84 valence electrons. The Morgan fingerprint density at radius 3 is 1.93 bits per heavy atom. The standard InChI is InChI=1S/C9H10O5.H3N/c1-13-6-3-5(9(11)12)4-7(14-2)8(6)10;/h3-4,10H,1-2H3,(H,11,12);1H3. The Morgan fingerprint density at radius 1 is 1.27 bits per heavy atom. The van der Waals surface area contributed by atoms with Crippen molar-refractivity contribution in [3.05, 3.63) is 17.7 Å². The third-order valence-corrected chi connectivity index (χ3v) is 1.71. The molecule has 15 heavy (non-hydrogen) atoms. The summed E-state index contributed by atoms with van der Waals surface area (Å²) in [5.41, 5.74) is -0.0432. The predicted octanol–water partition coefficient (Wildman–Crippen LogP) is 0.852. The van der Waals surface area contributed by atoms with Crippen molar-refractivity contribution in [1.29, 1.82) is 0 Å². The average molecular weight is 215 g/mol. The van der Waals surface area contributed by atoms with Crippen molar-refractivity contribution in [3.63, 3.8) is 0 Å². The van der Waals surface area contributed by atoms with Crippen molar-refractivity contribution in [1.82, 2.24) is 6.15 Å². The van der Waals surface area contributed by atoms with Crippen molar-refractivity contribution in [3.8, 4) is 17.2 Å². The molecule has 0 aliphatic heterocycles. The van der Waals surface area contributed by atoms with Gasteiger partial charge in [0, 0.05) is 0 Å². The molecule has 0 spiro atoms. The second-order valence-electron chi connectivity index (χ2n) is 2.52. The first-order valence-corrected chi connectivity index (χ1v) is 3.76. The summed E-state index contributed by atoms with van der Waals surface area (Å²) >= 11 is 0. The van der Waals surface area contributed by atoms with E-state index in [1.54, 1.807) is 0 Å². The van der Waals surface area contributed by atoms with Crippen molar-refractivity contribution < 1.29 is 24.5 Å². The molecule has 0 atom stereocenters. The van der Waals surface area contributed by atoms with Crippen molar-refractivity contribution in [2.75, 3.05) is 14.2 Å². The topological polar surface area (TPSA) is 115 Å². The zero-order valence-electron chi connectivity index (χ0n) is 8.73. The van der Waals surface area contributed by atoms with Crippen LogP contribution in [0.25, 0.3) is 0 Å². The van der Waals surface area contributed by atoms with Gasteiger partial charge in [-0.05, 0) is 17.9 Å². The maximum Gasteiger partial charge on any atom is 0.335 e. The lowest BCUT2D eigenvalue weighted by atomic mass is 10.2. The average Bonchev–Trinajstić information content (AvgIpc) is 2.17. The molecule has 1 rings (SSSR count). The monoisotopic (exact) mass is 215 g/mol. The van der Waals surface area contributed by atoms with E-state index in [2.05, 4.69) is 0 Å². The lowest BCUT2D eigenvalue weighted by Gasteiger charge is -2.17. The molecule has 0 bridgehead atoms. The summed E-state index contributed by atoms with van der Waals surface area (Å²) in [6, 6.07) is 2.32. The van der Waals surface area contributed by atoms with Crippen LogP contribution in [0.15, 0.2) is 12.1 Å². The van der Waals surface area contributed by atoms with Crippen LogP contribution < -0.4 is 20.7 Å². The van der Waals surface area contributed by atoms with Gasteiger partial charge in [0.25, 0.3) is 0 Å². The molecule has 0 unspecified atom stereocenters. The fourth-order valence-electron chi connectivity index (χ4n) is 1.00. The molecule has 0 radical (unpaired) electrons. The van der Waals surface area contributed by atoms with Gasteiger partial charge in [-0.1, -0.05) is 0 Å². The molecular weight excluding hydrogens is 202 g/mol. The van der Waals surface area contributed by atoms with Crippen molar-refractivity contribution in [2.45, 2.75) is 0 Å². The van der Waals surface area contributed by atoms with E-state index in [9.17, 15) is 9.90 Å². The van der Waals surface area contributed by atoms with Crippen molar-refractivity contribution in [2.24, 2.45) is 0 Å². The highest BCUT2D eigenvalue weighted by Crippen LogP contribution is 2.34. The summed E-state index contributed by atoms with van der Waals surface area (Å²) in [5.74, 6) is -1.68. The first-order valence-electron chi connectivity index (χ1n) is 3.76. The number of hydrogen-bond acceptors (Lipinski definition) is 4. The molecule has 0 aliphatic rings. The van der Waals surface area contributed by atoms with Gasteiger partial charge in [0.15, 0.2) is 0 Å². The molecule has 5 N–H and O–H groups in total. The number of ether oxygens (including phenoxy) is 2. The summed E-state index contributed by atoms with van der Waals surface area (Å²) in [7, 11) is 2.59. The Labute approximate surface area is 86.6 Å². The molecule has 6 nitrogen and oxygen atoms in total. The number of rotatable bonds is 3. The molecule has 0 amide bonds. The van der Waals surface area contributed by atoms with Gasteiger partial charge >= 0.3 is 5.97 Å². The summed E-state index contributed by atoms with van der Waals surface area (Å²) in [6.07, 6.45) is 0. The predicted molar refractivity (Wildman–Crippen MR) is 51.9 cm³/mol. The number of quaternary nitrogens is 1. The number of carbonyl (C=O) groups is 1. The maximum absolute atomic E-state index is 11.4. The fraction of sp³-hybridized carbons (Fsp3) is 0.222. The summed E-state index contributed by atoms with van der Waals surface area (Å²) in [6.45, 7) is 0. The highest BCUT2D eigenvalue weighted by atomic mass is 16.5. The molecule has 0 aromatic heterocycles. The van der Waals surface area contributed by atoms with Crippen molar-refractivity contribution >= 4 is 5.97 Å². The minimum absolute atomic E-state index is 0. The zero-order valence-corrected chi connectivity index (χ0v) is 8.73. The highest BCUT2D eigenvalue weighted by Gasteiger charge is 2.09. The van der Waals surface area contributed by atoms with Crippen LogP contribution >= 0.6 is 0 Å². The van der Waals surface area contributed by atoms with E-state index >= 15 is 0 Å². The Bertz CT molecular complexity index is 339. The molecule has 0 fully saturated rings. The number of carboxylic acids is 1. The number of carboxylic acid groups (broad SMARTS) is 1. The van der Waals surface area contributed by atoms with E-state index in [-0.39, 0.29) is 23.2 Å². The lowest BCUT2D eigenvalue weighted by molar-refractivity contribution is -0.271. The number of aromatic carboxylic acids is 1. The van der Waals surface area contributed by atoms with Crippen LogP contribution in [0.2, 0.25) is 0 Å². The van der Waals surface area contributed by atoms with Gasteiger partial charge in [-0.3, -0.25) is 0 Å². The van der Waals surface area contributed by atoms with Crippen LogP contribution in [-0.4, -0.2) is 25.3 Å². The Morgan fingerprint density at radius 2 is 1.67 bits per heavy atom. The van der Waals surface area contributed by atoms with Gasteiger partial charge in [-0.15, -0.1) is 0 Å². The third kappa shape index (κ3) is 2.50. The van der Waals surface area contributed by atoms with Crippen LogP contribution in [0.4, 0.5) is 0 Å². The number of benzene rings is 1. The largest absolute Gasteiger partial charge is 0.867 e. The second kappa shape index (κ2) is 5.06. The molecule has 1 aromatic carbocycles. The minimum Gasteiger partial charge on any atom is -0.867 e. The van der Waals surface area contributed by atoms with E-state index in [0.29, 0.717) is 0 Å². The van der Waals surface area contributed by atoms with Crippen LogP contribution in [0.5, 0.6) is 17.2 Å². The minimum atomic E-state index is -1.14. The molecule has 0 saturated carbocycles. The van der Waals surface area contributed by atoms with Gasteiger partial charge in [-0.2, -0.15) is 0 Å². The molecule has 0 heterocycles. The highest BCUT2D eigenvalue weighted by molar-refractivity contribution is 5.89. The quantitative estimate of drug-likeness (QED) is 0.775. The van der Waals surface area contributed by atoms with E-state index in [1.165, 1.54) is 14.2 Å². The van der Waals surface area contributed by atoms with Gasteiger partial charge in [0.1, 0.15) is 11.5 Å². The van der Waals surface area contributed by atoms with Crippen LogP contribution in [0.3, 0.4) is 0 Å². The van der Waals surface area contributed by atoms with Crippen LogP contribution in [-0.2, 0) is 0 Å². The fourth-order valence-corrected chi connectivity index (χ4v) is 1.00. The van der Waals surface area contributed by atoms with Gasteiger partial charge in [0.2, 0.25) is 0 Å². The lowest BCUT2D eigenvalue weighted by Crippen LogP contribution is -2.03. The normalized spacial score (nSPS) is 8.93. The third-order valence-electron chi connectivity index (χ3n) is 1.71. The van der Waals surface area contributed by atoms with Gasteiger partial charge in [-0.25, -0.2) is 4.79 Å². The number of methoxy groups -OCH3 is 2. The Kier molecular flexibility index (Phi) is 4.40. The second-order valence-corrected chi connectivity index (χ2v) is 2.52. The Balaban J connectivity index is 0.00000196. The van der Waals surface area contributed by atoms with E-state index in [1.807, 2.05) is 0 Å². The zero-order chi connectivity index (χ0) is 10.7. The molecule has 0 aliphatic carbocycles. The van der Waals surface area contributed by atoms with Crippen LogP contribution in [0, 0.1) is 0 Å².